The third-order valence-electron chi connectivity index (χ3n) is 2.36. The van der Waals surface area contributed by atoms with Gasteiger partial charge in [-0.25, -0.2) is 4.79 Å². The first-order chi connectivity index (χ1) is 8.19. The first-order valence-corrected chi connectivity index (χ1v) is 6.35. The van der Waals surface area contributed by atoms with Crippen molar-refractivity contribution < 1.29 is 9.53 Å². The number of ether oxygens (including phenoxy) is 1. The van der Waals surface area contributed by atoms with Crippen LogP contribution in [0.4, 0.5) is 0 Å². The van der Waals surface area contributed by atoms with E-state index in [1.807, 2.05) is 0 Å². The van der Waals surface area contributed by atoms with E-state index < -0.39 is 0 Å². The SMILES string of the molecule is CCOC(=O)/C=C/c1cc2cc(C)ccc2s1. The van der Waals surface area contributed by atoms with Crippen molar-refractivity contribution in [1.29, 1.82) is 0 Å². The zero-order valence-electron chi connectivity index (χ0n) is 9.90. The zero-order valence-corrected chi connectivity index (χ0v) is 10.7. The van der Waals surface area contributed by atoms with Gasteiger partial charge in [-0.1, -0.05) is 17.7 Å². The molecule has 0 aliphatic heterocycles. The molecule has 1 aromatic carbocycles. The van der Waals surface area contributed by atoms with Crippen LogP contribution in [0.3, 0.4) is 0 Å². The Balaban J connectivity index is 2.22. The summed E-state index contributed by atoms with van der Waals surface area (Å²) in [6.45, 7) is 4.29. The van der Waals surface area contributed by atoms with Crippen LogP contribution in [-0.4, -0.2) is 12.6 Å². The molecule has 0 saturated carbocycles. The van der Waals surface area contributed by atoms with E-state index in [4.69, 9.17) is 4.74 Å². The van der Waals surface area contributed by atoms with E-state index in [0.717, 1.165) is 4.88 Å². The Morgan fingerprint density at radius 1 is 1.41 bits per heavy atom. The summed E-state index contributed by atoms with van der Waals surface area (Å²) in [4.78, 5) is 12.2. The highest BCUT2D eigenvalue weighted by atomic mass is 32.1. The maximum atomic E-state index is 11.2. The second kappa shape index (κ2) is 5.15. The van der Waals surface area contributed by atoms with Gasteiger partial charge in [0.25, 0.3) is 0 Å². The highest BCUT2D eigenvalue weighted by molar-refractivity contribution is 7.19. The summed E-state index contributed by atoms with van der Waals surface area (Å²) in [7, 11) is 0. The Hall–Kier alpha value is -1.61. The standard InChI is InChI=1S/C14H14O2S/c1-3-16-14(15)7-5-12-9-11-8-10(2)4-6-13(11)17-12/h4-9H,3H2,1-2H3/b7-5+. The fourth-order valence-corrected chi connectivity index (χ4v) is 2.55. The van der Waals surface area contributed by atoms with Gasteiger partial charge in [0.1, 0.15) is 0 Å². The third kappa shape index (κ3) is 2.94. The Morgan fingerprint density at radius 2 is 2.24 bits per heavy atom. The van der Waals surface area contributed by atoms with Gasteiger partial charge in [-0.15, -0.1) is 11.3 Å². The highest BCUT2D eigenvalue weighted by Crippen LogP contribution is 2.27. The number of hydrogen-bond acceptors (Lipinski definition) is 3. The van der Waals surface area contributed by atoms with E-state index in [0.29, 0.717) is 6.61 Å². The summed E-state index contributed by atoms with van der Waals surface area (Å²) in [5, 5.41) is 1.22. The lowest BCUT2D eigenvalue weighted by molar-refractivity contribution is -0.137. The largest absolute Gasteiger partial charge is 0.463 e. The van der Waals surface area contributed by atoms with Crippen LogP contribution in [-0.2, 0) is 9.53 Å². The van der Waals surface area contributed by atoms with Crippen LogP contribution in [0.1, 0.15) is 17.4 Å². The topological polar surface area (TPSA) is 26.3 Å². The Bertz CT molecular complexity index is 567. The van der Waals surface area contributed by atoms with Crippen LogP contribution in [0, 0.1) is 6.92 Å². The fourth-order valence-electron chi connectivity index (χ4n) is 1.61. The molecule has 17 heavy (non-hydrogen) atoms. The Labute approximate surface area is 105 Å². The van der Waals surface area contributed by atoms with E-state index in [-0.39, 0.29) is 5.97 Å². The van der Waals surface area contributed by atoms with Gasteiger partial charge in [0.2, 0.25) is 0 Å². The summed E-state index contributed by atoms with van der Waals surface area (Å²) in [6.07, 6.45) is 3.28. The number of thiophene rings is 1. The van der Waals surface area contributed by atoms with E-state index in [1.165, 1.54) is 21.7 Å². The number of carbonyl (C=O) groups excluding carboxylic acids is 1. The van der Waals surface area contributed by atoms with Crippen molar-refractivity contribution in [1.82, 2.24) is 0 Å². The van der Waals surface area contributed by atoms with E-state index >= 15 is 0 Å². The number of fused-ring (bicyclic) bond motifs is 1. The second-order valence-electron chi connectivity index (χ2n) is 3.78. The minimum atomic E-state index is -0.291. The molecule has 0 amide bonds. The average molecular weight is 246 g/mol. The average Bonchev–Trinajstić information content (AvgIpc) is 2.68. The molecule has 2 rings (SSSR count). The summed E-state index contributed by atoms with van der Waals surface area (Å²) in [5.74, 6) is -0.291. The molecule has 0 N–H and O–H groups in total. The van der Waals surface area contributed by atoms with Gasteiger partial charge < -0.3 is 4.74 Å². The van der Waals surface area contributed by atoms with Gasteiger partial charge >= 0.3 is 5.97 Å². The molecular formula is C14H14O2S. The number of esters is 1. The highest BCUT2D eigenvalue weighted by Gasteiger charge is 2.00. The molecule has 0 unspecified atom stereocenters. The molecule has 0 bridgehead atoms. The number of benzene rings is 1. The molecule has 2 aromatic rings. The second-order valence-corrected chi connectivity index (χ2v) is 4.89. The molecule has 0 aliphatic carbocycles. The van der Waals surface area contributed by atoms with Crippen LogP contribution in [0.2, 0.25) is 0 Å². The van der Waals surface area contributed by atoms with Crippen LogP contribution in [0.25, 0.3) is 16.2 Å². The lowest BCUT2D eigenvalue weighted by atomic mass is 10.2. The Kier molecular flexibility index (Phi) is 3.59. The molecule has 2 nitrogen and oxygen atoms in total. The van der Waals surface area contributed by atoms with Crippen molar-refractivity contribution in [3.8, 4) is 0 Å². The normalized spacial score (nSPS) is 11.2. The summed E-state index contributed by atoms with van der Waals surface area (Å²) in [6, 6.07) is 8.44. The number of carbonyl (C=O) groups is 1. The van der Waals surface area contributed by atoms with Gasteiger partial charge in [0.05, 0.1) is 6.61 Å². The van der Waals surface area contributed by atoms with E-state index in [1.54, 1.807) is 24.3 Å². The molecule has 1 aromatic heterocycles. The van der Waals surface area contributed by atoms with Gasteiger partial charge in [-0.05, 0) is 37.4 Å². The molecule has 0 radical (unpaired) electrons. The fraction of sp³-hybridized carbons (Fsp3) is 0.214. The summed E-state index contributed by atoms with van der Waals surface area (Å²) in [5.41, 5.74) is 1.25. The van der Waals surface area contributed by atoms with Gasteiger partial charge in [0, 0.05) is 15.7 Å². The minimum Gasteiger partial charge on any atom is -0.463 e. The van der Waals surface area contributed by atoms with Crippen LogP contribution >= 0.6 is 11.3 Å². The predicted molar refractivity (Wildman–Crippen MR) is 72.2 cm³/mol. The monoisotopic (exact) mass is 246 g/mol. The molecule has 0 fully saturated rings. The smallest absolute Gasteiger partial charge is 0.330 e. The zero-order chi connectivity index (χ0) is 12.3. The third-order valence-corrected chi connectivity index (χ3v) is 3.44. The number of aryl methyl sites for hydroxylation is 1. The van der Waals surface area contributed by atoms with Gasteiger partial charge in [-0.2, -0.15) is 0 Å². The number of hydrogen-bond donors (Lipinski definition) is 0. The molecule has 3 heteroatoms. The Morgan fingerprint density at radius 3 is 3.00 bits per heavy atom. The molecule has 0 atom stereocenters. The van der Waals surface area contributed by atoms with Crippen molar-refractivity contribution in [2.45, 2.75) is 13.8 Å². The van der Waals surface area contributed by atoms with Crippen molar-refractivity contribution >= 4 is 33.5 Å². The van der Waals surface area contributed by atoms with Crippen LogP contribution < -0.4 is 0 Å². The van der Waals surface area contributed by atoms with Gasteiger partial charge in [-0.3, -0.25) is 0 Å². The summed E-state index contributed by atoms with van der Waals surface area (Å²) >= 11 is 1.67. The van der Waals surface area contributed by atoms with Gasteiger partial charge in [0.15, 0.2) is 0 Å². The summed E-state index contributed by atoms with van der Waals surface area (Å²) < 4.78 is 6.07. The van der Waals surface area contributed by atoms with Crippen molar-refractivity contribution in [3.63, 3.8) is 0 Å². The van der Waals surface area contributed by atoms with Crippen molar-refractivity contribution in [3.05, 3.63) is 40.8 Å². The molecule has 0 aliphatic rings. The molecule has 0 spiro atoms. The quantitative estimate of drug-likeness (QED) is 0.608. The maximum absolute atomic E-state index is 11.2. The minimum absolute atomic E-state index is 0.291. The van der Waals surface area contributed by atoms with Crippen LogP contribution in [0.5, 0.6) is 0 Å². The molecular weight excluding hydrogens is 232 g/mol. The lowest BCUT2D eigenvalue weighted by Crippen LogP contribution is -1.98. The maximum Gasteiger partial charge on any atom is 0.330 e. The van der Waals surface area contributed by atoms with Crippen molar-refractivity contribution in [2.24, 2.45) is 0 Å². The first kappa shape index (κ1) is 11.9. The first-order valence-electron chi connectivity index (χ1n) is 5.54. The number of rotatable bonds is 3. The molecule has 1 heterocycles. The van der Waals surface area contributed by atoms with Crippen molar-refractivity contribution in [2.75, 3.05) is 6.61 Å². The van der Waals surface area contributed by atoms with E-state index in [2.05, 4.69) is 31.2 Å². The molecule has 88 valence electrons. The lowest BCUT2D eigenvalue weighted by Gasteiger charge is -1.93. The molecule has 0 saturated heterocycles. The predicted octanol–water partition coefficient (Wildman–Crippen LogP) is 3.79. The van der Waals surface area contributed by atoms with E-state index in [9.17, 15) is 4.79 Å². The van der Waals surface area contributed by atoms with Crippen LogP contribution in [0.15, 0.2) is 30.3 Å².